The van der Waals surface area contributed by atoms with Crippen molar-refractivity contribution in [3.8, 4) is 5.88 Å². The molecule has 0 radical (unpaired) electrons. The van der Waals surface area contributed by atoms with Crippen LogP contribution in [0.3, 0.4) is 0 Å². The number of nitrogens with zero attached hydrogens (tertiary/aromatic N) is 3. The summed E-state index contributed by atoms with van der Waals surface area (Å²) < 4.78 is 6.06. The largest absolute Gasteiger partial charge is 0.472 e. The van der Waals surface area contributed by atoms with Gasteiger partial charge in [-0.1, -0.05) is 60.7 Å². The molecule has 1 fully saturated rings. The third-order valence-electron chi connectivity index (χ3n) is 5.24. The van der Waals surface area contributed by atoms with Crippen molar-refractivity contribution in [2.24, 2.45) is 0 Å². The number of amides is 1. The van der Waals surface area contributed by atoms with Gasteiger partial charge in [-0.3, -0.25) is 4.79 Å². The van der Waals surface area contributed by atoms with Gasteiger partial charge in [-0.2, -0.15) is 4.98 Å². The average molecular weight is 387 g/mol. The minimum Gasteiger partial charge on any atom is -0.472 e. The Bertz CT molecular complexity index is 907. The molecule has 5 nitrogen and oxygen atoms in total. The fourth-order valence-electron chi connectivity index (χ4n) is 3.86. The van der Waals surface area contributed by atoms with E-state index in [1.54, 1.807) is 12.3 Å². The molecule has 29 heavy (non-hydrogen) atoms. The van der Waals surface area contributed by atoms with E-state index in [0.29, 0.717) is 18.2 Å². The number of rotatable bonds is 5. The van der Waals surface area contributed by atoms with Crippen LogP contribution >= 0.6 is 0 Å². The summed E-state index contributed by atoms with van der Waals surface area (Å²) in [6.45, 7) is 3.16. The van der Waals surface area contributed by atoms with Crippen molar-refractivity contribution >= 4 is 5.91 Å². The van der Waals surface area contributed by atoms with E-state index in [1.165, 1.54) is 0 Å². The van der Waals surface area contributed by atoms with Crippen molar-refractivity contribution in [1.82, 2.24) is 14.9 Å². The van der Waals surface area contributed by atoms with Gasteiger partial charge < -0.3 is 9.64 Å². The first-order chi connectivity index (χ1) is 14.2. The fourth-order valence-corrected chi connectivity index (χ4v) is 3.86. The van der Waals surface area contributed by atoms with E-state index in [4.69, 9.17) is 4.74 Å². The van der Waals surface area contributed by atoms with Gasteiger partial charge in [0.1, 0.15) is 11.9 Å². The molecular weight excluding hydrogens is 362 g/mol. The highest BCUT2D eigenvalue weighted by Gasteiger charge is 2.31. The zero-order valence-electron chi connectivity index (χ0n) is 16.6. The van der Waals surface area contributed by atoms with E-state index in [1.807, 2.05) is 72.5 Å². The maximum absolute atomic E-state index is 13.6. The lowest BCUT2D eigenvalue weighted by molar-refractivity contribution is -0.134. The van der Waals surface area contributed by atoms with Gasteiger partial charge in [-0.15, -0.1) is 0 Å². The summed E-state index contributed by atoms with van der Waals surface area (Å²) in [5, 5.41) is 0. The van der Waals surface area contributed by atoms with E-state index >= 15 is 0 Å². The summed E-state index contributed by atoms with van der Waals surface area (Å²) in [7, 11) is 0. The fraction of sp³-hybridized carbons (Fsp3) is 0.292. The van der Waals surface area contributed by atoms with E-state index in [0.717, 1.165) is 30.5 Å². The molecule has 5 heteroatoms. The van der Waals surface area contributed by atoms with Gasteiger partial charge in [0.2, 0.25) is 11.8 Å². The number of hydrogen-bond acceptors (Lipinski definition) is 4. The average Bonchev–Trinajstić information content (AvgIpc) is 2.76. The van der Waals surface area contributed by atoms with Crippen LogP contribution < -0.4 is 4.74 Å². The first kappa shape index (κ1) is 19.1. The van der Waals surface area contributed by atoms with Crippen LogP contribution in [0.4, 0.5) is 0 Å². The van der Waals surface area contributed by atoms with E-state index < -0.39 is 0 Å². The lowest BCUT2D eigenvalue weighted by Gasteiger charge is -2.35. The van der Waals surface area contributed by atoms with Crippen molar-refractivity contribution in [2.45, 2.75) is 31.8 Å². The van der Waals surface area contributed by atoms with Crippen molar-refractivity contribution in [2.75, 3.05) is 13.1 Å². The summed E-state index contributed by atoms with van der Waals surface area (Å²) in [5.74, 6) is 1.06. The summed E-state index contributed by atoms with van der Waals surface area (Å²) in [6.07, 6.45) is 3.46. The third kappa shape index (κ3) is 4.62. The molecule has 0 spiro atoms. The predicted octanol–water partition coefficient (Wildman–Crippen LogP) is 3.99. The summed E-state index contributed by atoms with van der Waals surface area (Å²) in [6, 6.07) is 21.8. The zero-order chi connectivity index (χ0) is 20.1. The van der Waals surface area contributed by atoms with Gasteiger partial charge in [0.05, 0.1) is 12.5 Å². The minimum absolute atomic E-state index is 0.0609. The number of piperidine rings is 1. The number of carbonyl (C=O) groups excluding carboxylic acids is 1. The molecule has 1 unspecified atom stereocenters. The van der Waals surface area contributed by atoms with Crippen LogP contribution in [0.15, 0.2) is 72.9 Å². The van der Waals surface area contributed by atoms with Crippen LogP contribution in [-0.2, 0) is 4.79 Å². The van der Waals surface area contributed by atoms with Gasteiger partial charge in [-0.05, 0) is 30.9 Å². The SMILES string of the molecule is Cc1nccc(OC2CCCN(C(=O)C(c3ccccc3)c3ccccc3)C2)n1. The molecule has 2 heterocycles. The third-order valence-corrected chi connectivity index (χ3v) is 5.24. The maximum atomic E-state index is 13.6. The molecule has 3 aromatic rings. The Morgan fingerprint density at radius 2 is 1.69 bits per heavy atom. The molecule has 1 amide bonds. The van der Waals surface area contributed by atoms with Crippen molar-refractivity contribution in [3.05, 3.63) is 89.9 Å². The van der Waals surface area contributed by atoms with Crippen LogP contribution in [0.25, 0.3) is 0 Å². The van der Waals surface area contributed by atoms with Crippen LogP contribution in [-0.4, -0.2) is 40.0 Å². The Kier molecular flexibility index (Phi) is 5.84. The van der Waals surface area contributed by atoms with E-state index in [9.17, 15) is 4.79 Å². The van der Waals surface area contributed by atoms with Crippen LogP contribution in [0, 0.1) is 6.92 Å². The second-order valence-corrected chi connectivity index (χ2v) is 7.36. The normalized spacial score (nSPS) is 16.6. The Hall–Kier alpha value is -3.21. The standard InChI is InChI=1S/C24H25N3O2/c1-18-25-15-14-22(26-18)29-21-13-8-16-27(17-21)24(28)23(19-9-4-2-5-10-19)20-11-6-3-7-12-20/h2-7,9-12,14-15,21,23H,8,13,16-17H2,1H3. The highest BCUT2D eigenvalue weighted by atomic mass is 16.5. The van der Waals surface area contributed by atoms with Crippen LogP contribution in [0.1, 0.15) is 35.7 Å². The van der Waals surface area contributed by atoms with E-state index in [2.05, 4.69) is 9.97 Å². The molecule has 0 aliphatic carbocycles. The van der Waals surface area contributed by atoms with Gasteiger partial charge in [0, 0.05) is 18.8 Å². The van der Waals surface area contributed by atoms with Crippen molar-refractivity contribution in [1.29, 1.82) is 0 Å². The smallest absolute Gasteiger partial charge is 0.234 e. The summed E-state index contributed by atoms with van der Waals surface area (Å²) >= 11 is 0. The highest BCUT2D eigenvalue weighted by molar-refractivity contribution is 5.87. The maximum Gasteiger partial charge on any atom is 0.234 e. The Morgan fingerprint density at radius 1 is 1.03 bits per heavy atom. The van der Waals surface area contributed by atoms with Crippen LogP contribution in [0.5, 0.6) is 5.88 Å². The number of aryl methyl sites for hydroxylation is 1. The number of hydrogen-bond donors (Lipinski definition) is 0. The molecule has 1 aromatic heterocycles. The van der Waals surface area contributed by atoms with Gasteiger partial charge >= 0.3 is 0 Å². The monoisotopic (exact) mass is 387 g/mol. The van der Waals surface area contributed by atoms with Crippen molar-refractivity contribution in [3.63, 3.8) is 0 Å². The molecule has 0 N–H and O–H groups in total. The molecule has 0 bridgehead atoms. The zero-order valence-corrected chi connectivity index (χ0v) is 16.6. The van der Waals surface area contributed by atoms with Gasteiger partial charge in [0.15, 0.2) is 0 Å². The van der Waals surface area contributed by atoms with Gasteiger partial charge in [0.25, 0.3) is 0 Å². The number of aromatic nitrogens is 2. The molecule has 148 valence electrons. The molecule has 4 rings (SSSR count). The number of benzene rings is 2. The first-order valence-corrected chi connectivity index (χ1v) is 10.1. The lowest BCUT2D eigenvalue weighted by atomic mass is 9.89. The molecule has 1 aliphatic rings. The summed E-state index contributed by atoms with van der Waals surface area (Å²) in [4.78, 5) is 24.0. The summed E-state index contributed by atoms with van der Waals surface area (Å²) in [5.41, 5.74) is 2.02. The Morgan fingerprint density at radius 3 is 2.31 bits per heavy atom. The minimum atomic E-state index is -0.308. The predicted molar refractivity (Wildman–Crippen MR) is 112 cm³/mol. The second-order valence-electron chi connectivity index (χ2n) is 7.36. The van der Waals surface area contributed by atoms with Crippen LogP contribution in [0.2, 0.25) is 0 Å². The van der Waals surface area contributed by atoms with E-state index in [-0.39, 0.29) is 17.9 Å². The second kappa shape index (κ2) is 8.86. The quantitative estimate of drug-likeness (QED) is 0.664. The molecular formula is C24H25N3O2. The lowest BCUT2D eigenvalue weighted by Crippen LogP contribution is -2.46. The highest BCUT2D eigenvalue weighted by Crippen LogP contribution is 2.28. The molecule has 1 aliphatic heterocycles. The number of ether oxygens (including phenoxy) is 1. The molecule has 1 saturated heterocycles. The van der Waals surface area contributed by atoms with Gasteiger partial charge in [-0.25, -0.2) is 4.98 Å². The number of carbonyl (C=O) groups is 1. The molecule has 1 atom stereocenters. The number of likely N-dealkylation sites (tertiary alicyclic amines) is 1. The topological polar surface area (TPSA) is 55.3 Å². The molecule has 0 saturated carbocycles. The Balaban J connectivity index is 1.54. The molecule has 2 aromatic carbocycles. The Labute approximate surface area is 171 Å². The first-order valence-electron chi connectivity index (χ1n) is 10.1. The van der Waals surface area contributed by atoms with Crippen molar-refractivity contribution < 1.29 is 9.53 Å².